The largest absolute Gasteiger partial charge is 0.507 e. The van der Waals surface area contributed by atoms with Crippen LogP contribution in [0.5, 0.6) is 11.5 Å². The van der Waals surface area contributed by atoms with Gasteiger partial charge >= 0.3 is 5.97 Å². The second-order valence-corrected chi connectivity index (χ2v) is 6.04. The van der Waals surface area contributed by atoms with Gasteiger partial charge in [0.25, 0.3) is 0 Å². The topological polar surface area (TPSA) is 68.9 Å². The van der Waals surface area contributed by atoms with Gasteiger partial charge < -0.3 is 19.0 Å². The summed E-state index contributed by atoms with van der Waals surface area (Å²) in [5.41, 5.74) is 1.44. The molecule has 5 nitrogen and oxygen atoms in total. The van der Waals surface area contributed by atoms with Crippen molar-refractivity contribution in [2.24, 2.45) is 0 Å². The Morgan fingerprint density at radius 2 is 1.74 bits per heavy atom. The highest BCUT2D eigenvalue weighted by Crippen LogP contribution is 2.43. The number of para-hydroxylation sites is 1. The average Bonchev–Trinajstić information content (AvgIpc) is 3.07. The molecule has 0 aliphatic rings. The Kier molecular flexibility index (Phi) is 4.20. The third-order valence-electron chi connectivity index (χ3n) is 4.51. The van der Waals surface area contributed by atoms with Gasteiger partial charge in [0.05, 0.1) is 19.3 Å². The van der Waals surface area contributed by atoms with E-state index in [4.69, 9.17) is 13.9 Å². The van der Waals surface area contributed by atoms with E-state index in [1.165, 1.54) is 0 Å². The van der Waals surface area contributed by atoms with Gasteiger partial charge in [-0.2, -0.15) is 0 Å². The molecule has 0 aliphatic heterocycles. The molecule has 0 amide bonds. The quantitative estimate of drug-likeness (QED) is 0.509. The van der Waals surface area contributed by atoms with E-state index < -0.39 is 5.97 Å². The molecule has 0 unspecified atom stereocenters. The Bertz CT molecular complexity index is 1160. The van der Waals surface area contributed by atoms with E-state index in [0.717, 1.165) is 5.39 Å². The Morgan fingerprint density at radius 1 is 1.04 bits per heavy atom. The first-order chi connectivity index (χ1) is 13.2. The van der Waals surface area contributed by atoms with Crippen LogP contribution in [0.15, 0.2) is 59.0 Å². The zero-order chi connectivity index (χ0) is 19.0. The third kappa shape index (κ3) is 2.68. The van der Waals surface area contributed by atoms with Crippen LogP contribution in [0, 0.1) is 0 Å². The second-order valence-electron chi connectivity index (χ2n) is 6.04. The van der Waals surface area contributed by atoms with Crippen molar-refractivity contribution in [2.75, 3.05) is 13.7 Å². The van der Waals surface area contributed by atoms with E-state index in [0.29, 0.717) is 33.4 Å². The van der Waals surface area contributed by atoms with Gasteiger partial charge in [-0.05, 0) is 25.1 Å². The average molecular weight is 362 g/mol. The summed E-state index contributed by atoms with van der Waals surface area (Å²) in [5, 5.41) is 12.3. The first kappa shape index (κ1) is 17.0. The summed E-state index contributed by atoms with van der Waals surface area (Å²) in [6, 6.07) is 16.2. The SMILES string of the molecule is CCOC(=O)c1c(-c2ccccc2OC)oc2c1cc(O)c1ccccc12. The molecule has 0 spiro atoms. The van der Waals surface area contributed by atoms with E-state index in [-0.39, 0.29) is 17.9 Å². The monoisotopic (exact) mass is 362 g/mol. The van der Waals surface area contributed by atoms with Crippen LogP contribution in [-0.2, 0) is 4.74 Å². The van der Waals surface area contributed by atoms with Crippen molar-refractivity contribution < 1.29 is 23.8 Å². The van der Waals surface area contributed by atoms with E-state index in [1.54, 1.807) is 32.2 Å². The Balaban J connectivity index is 2.13. The van der Waals surface area contributed by atoms with Crippen LogP contribution in [0.25, 0.3) is 33.1 Å². The normalized spacial score (nSPS) is 11.0. The number of phenolic OH excluding ortho intramolecular Hbond substituents is 1. The van der Waals surface area contributed by atoms with Gasteiger partial charge in [0.2, 0.25) is 0 Å². The van der Waals surface area contributed by atoms with Gasteiger partial charge in [-0.3, -0.25) is 0 Å². The van der Waals surface area contributed by atoms with Crippen LogP contribution < -0.4 is 4.74 Å². The van der Waals surface area contributed by atoms with Crippen molar-refractivity contribution >= 4 is 27.7 Å². The third-order valence-corrected chi connectivity index (χ3v) is 4.51. The summed E-state index contributed by atoms with van der Waals surface area (Å²) in [7, 11) is 1.56. The maximum absolute atomic E-state index is 12.8. The van der Waals surface area contributed by atoms with Crippen LogP contribution in [-0.4, -0.2) is 24.8 Å². The number of furan rings is 1. The highest BCUT2D eigenvalue weighted by Gasteiger charge is 2.27. The molecule has 5 heteroatoms. The number of benzene rings is 3. The maximum atomic E-state index is 12.8. The molecular formula is C22H18O5. The summed E-state index contributed by atoms with van der Waals surface area (Å²) in [4.78, 5) is 12.8. The number of rotatable bonds is 4. The van der Waals surface area contributed by atoms with E-state index in [1.807, 2.05) is 36.4 Å². The first-order valence-electron chi connectivity index (χ1n) is 8.63. The fraction of sp³-hybridized carbons (Fsp3) is 0.136. The number of carbonyl (C=O) groups excluding carboxylic acids is 1. The highest BCUT2D eigenvalue weighted by molar-refractivity contribution is 6.17. The van der Waals surface area contributed by atoms with Crippen molar-refractivity contribution in [3.05, 3.63) is 60.2 Å². The first-order valence-corrected chi connectivity index (χ1v) is 8.63. The molecule has 1 aromatic heterocycles. The number of methoxy groups -OCH3 is 1. The van der Waals surface area contributed by atoms with Gasteiger partial charge in [0.1, 0.15) is 22.6 Å². The number of fused-ring (bicyclic) bond motifs is 3. The summed E-state index contributed by atoms with van der Waals surface area (Å²) in [6.45, 7) is 1.98. The fourth-order valence-electron chi connectivity index (χ4n) is 3.33. The highest BCUT2D eigenvalue weighted by atomic mass is 16.5. The van der Waals surface area contributed by atoms with Crippen molar-refractivity contribution in [3.63, 3.8) is 0 Å². The van der Waals surface area contributed by atoms with Crippen molar-refractivity contribution in [1.82, 2.24) is 0 Å². The number of hydrogen-bond donors (Lipinski definition) is 1. The van der Waals surface area contributed by atoms with Crippen LogP contribution in [0.4, 0.5) is 0 Å². The van der Waals surface area contributed by atoms with Gasteiger partial charge in [0.15, 0.2) is 5.76 Å². The lowest BCUT2D eigenvalue weighted by atomic mass is 10.0. The standard InChI is InChI=1S/C22H18O5/c1-3-26-22(24)19-16-12-17(23)13-8-4-5-9-14(13)20(16)27-21(19)15-10-6-7-11-18(15)25-2/h4-12,23H,3H2,1-2H3. The molecule has 1 heterocycles. The molecule has 0 saturated carbocycles. The van der Waals surface area contributed by atoms with Gasteiger partial charge in [-0.15, -0.1) is 0 Å². The molecule has 0 aliphatic carbocycles. The summed E-state index contributed by atoms with van der Waals surface area (Å²) in [5.74, 6) is 0.509. The fourth-order valence-corrected chi connectivity index (χ4v) is 3.33. The Hall–Kier alpha value is -3.47. The number of aromatic hydroxyl groups is 1. The van der Waals surface area contributed by atoms with Crippen molar-refractivity contribution in [1.29, 1.82) is 0 Å². The van der Waals surface area contributed by atoms with Crippen molar-refractivity contribution in [3.8, 4) is 22.8 Å². The summed E-state index contributed by atoms with van der Waals surface area (Å²) >= 11 is 0. The molecule has 3 aromatic carbocycles. The van der Waals surface area contributed by atoms with E-state index in [2.05, 4.69) is 0 Å². The number of phenols is 1. The molecule has 0 radical (unpaired) electrons. The Morgan fingerprint density at radius 3 is 2.48 bits per heavy atom. The lowest BCUT2D eigenvalue weighted by molar-refractivity contribution is 0.0529. The smallest absolute Gasteiger partial charge is 0.342 e. The maximum Gasteiger partial charge on any atom is 0.342 e. The number of hydrogen-bond acceptors (Lipinski definition) is 5. The zero-order valence-electron chi connectivity index (χ0n) is 15.0. The molecule has 0 bridgehead atoms. The lowest BCUT2D eigenvalue weighted by Gasteiger charge is -2.07. The predicted octanol–water partition coefficient (Wildman–Crippen LogP) is 5.14. The minimum absolute atomic E-state index is 0.0797. The van der Waals surface area contributed by atoms with Crippen LogP contribution >= 0.6 is 0 Å². The molecule has 136 valence electrons. The minimum atomic E-state index is -0.508. The predicted molar refractivity (Wildman–Crippen MR) is 103 cm³/mol. The summed E-state index contributed by atoms with van der Waals surface area (Å²) < 4.78 is 16.9. The molecule has 0 saturated heterocycles. The minimum Gasteiger partial charge on any atom is -0.507 e. The van der Waals surface area contributed by atoms with Gasteiger partial charge in [0, 0.05) is 16.2 Å². The summed E-state index contributed by atoms with van der Waals surface area (Å²) in [6.07, 6.45) is 0. The molecule has 27 heavy (non-hydrogen) atoms. The molecular weight excluding hydrogens is 344 g/mol. The van der Waals surface area contributed by atoms with Crippen LogP contribution in [0.2, 0.25) is 0 Å². The molecule has 1 N–H and O–H groups in total. The molecule has 4 rings (SSSR count). The van der Waals surface area contributed by atoms with Crippen LogP contribution in [0.1, 0.15) is 17.3 Å². The van der Waals surface area contributed by atoms with Crippen molar-refractivity contribution in [2.45, 2.75) is 6.92 Å². The number of carbonyl (C=O) groups is 1. The van der Waals surface area contributed by atoms with Crippen LogP contribution in [0.3, 0.4) is 0 Å². The van der Waals surface area contributed by atoms with E-state index >= 15 is 0 Å². The zero-order valence-corrected chi connectivity index (χ0v) is 15.0. The molecule has 0 atom stereocenters. The molecule has 4 aromatic rings. The Labute approximate surface area is 155 Å². The number of esters is 1. The lowest BCUT2D eigenvalue weighted by Crippen LogP contribution is -2.05. The van der Waals surface area contributed by atoms with Gasteiger partial charge in [-0.25, -0.2) is 4.79 Å². The van der Waals surface area contributed by atoms with Gasteiger partial charge in [-0.1, -0.05) is 36.4 Å². The number of ether oxygens (including phenoxy) is 2. The van der Waals surface area contributed by atoms with E-state index in [9.17, 15) is 9.90 Å². The second kappa shape index (κ2) is 6.68. The molecule has 0 fully saturated rings.